The second-order valence-corrected chi connectivity index (χ2v) is 3.78. The van der Waals surface area contributed by atoms with Gasteiger partial charge in [-0.2, -0.15) is 0 Å². The third-order valence-corrected chi connectivity index (χ3v) is 2.46. The highest BCUT2D eigenvalue weighted by Crippen LogP contribution is 2.14. The Morgan fingerprint density at radius 1 is 1.35 bits per heavy atom. The average Bonchev–Trinajstić information content (AvgIpc) is 2.28. The molecule has 2 aromatic rings. The van der Waals surface area contributed by atoms with Crippen LogP contribution < -0.4 is 11.4 Å². The molecule has 1 atom stereocenters. The summed E-state index contributed by atoms with van der Waals surface area (Å²) >= 11 is 0. The number of carboxylic acid groups (broad SMARTS) is 1. The van der Waals surface area contributed by atoms with Crippen molar-refractivity contribution in [2.75, 3.05) is 0 Å². The van der Waals surface area contributed by atoms with E-state index in [4.69, 9.17) is 15.3 Å². The minimum absolute atomic E-state index is 0.198. The second-order valence-electron chi connectivity index (χ2n) is 3.78. The molecule has 0 radical (unpaired) electrons. The van der Waals surface area contributed by atoms with Crippen LogP contribution in [0.2, 0.25) is 0 Å². The predicted molar refractivity (Wildman–Crippen MR) is 61.8 cm³/mol. The Labute approximate surface area is 96.5 Å². The summed E-state index contributed by atoms with van der Waals surface area (Å²) in [5.74, 6) is -1.06. The van der Waals surface area contributed by atoms with Gasteiger partial charge in [-0.25, -0.2) is 4.79 Å². The molecule has 1 heterocycles. The van der Waals surface area contributed by atoms with E-state index in [1.165, 1.54) is 6.07 Å². The van der Waals surface area contributed by atoms with Crippen molar-refractivity contribution in [3.8, 4) is 0 Å². The maximum atomic E-state index is 11.0. The summed E-state index contributed by atoms with van der Waals surface area (Å²) < 4.78 is 5.00. The van der Waals surface area contributed by atoms with Crippen molar-refractivity contribution in [2.45, 2.75) is 12.5 Å². The second kappa shape index (κ2) is 4.39. The van der Waals surface area contributed by atoms with Crippen LogP contribution in [-0.4, -0.2) is 17.1 Å². The molecule has 0 fully saturated rings. The van der Waals surface area contributed by atoms with E-state index < -0.39 is 17.6 Å². The first-order valence-corrected chi connectivity index (χ1v) is 5.07. The summed E-state index contributed by atoms with van der Waals surface area (Å²) in [6.45, 7) is 0. The van der Waals surface area contributed by atoms with Crippen molar-refractivity contribution in [1.29, 1.82) is 0 Å². The van der Waals surface area contributed by atoms with Crippen LogP contribution >= 0.6 is 0 Å². The first-order chi connectivity index (χ1) is 8.06. The Hall–Kier alpha value is -2.14. The van der Waals surface area contributed by atoms with E-state index in [0.717, 1.165) is 10.9 Å². The van der Waals surface area contributed by atoms with Gasteiger partial charge in [0.05, 0.1) is 0 Å². The molecular weight excluding hydrogens is 222 g/mol. The van der Waals surface area contributed by atoms with Gasteiger partial charge in [0.25, 0.3) is 0 Å². The van der Waals surface area contributed by atoms with Crippen LogP contribution in [0, 0.1) is 0 Å². The summed E-state index contributed by atoms with van der Waals surface area (Å²) in [5.41, 5.74) is 6.16. The fourth-order valence-corrected chi connectivity index (χ4v) is 1.57. The monoisotopic (exact) mass is 233 g/mol. The number of nitrogens with two attached hydrogens (primary N) is 1. The lowest BCUT2D eigenvalue weighted by atomic mass is 10.1. The topological polar surface area (TPSA) is 93.5 Å². The summed E-state index contributed by atoms with van der Waals surface area (Å²) in [6, 6.07) is 7.21. The number of rotatable bonds is 3. The van der Waals surface area contributed by atoms with Crippen LogP contribution in [0.25, 0.3) is 11.0 Å². The first kappa shape index (κ1) is 11.3. The number of fused-ring (bicyclic) bond motifs is 1. The zero-order chi connectivity index (χ0) is 12.4. The number of benzene rings is 1. The Kier molecular flexibility index (Phi) is 2.93. The van der Waals surface area contributed by atoms with Gasteiger partial charge in [0.15, 0.2) is 0 Å². The summed E-state index contributed by atoms with van der Waals surface area (Å²) in [5, 5.41) is 9.49. The minimum atomic E-state index is -1.06. The molecule has 0 spiro atoms. The Balaban J connectivity index is 2.37. The van der Waals surface area contributed by atoms with Gasteiger partial charge in [0.2, 0.25) is 0 Å². The van der Waals surface area contributed by atoms with E-state index in [2.05, 4.69) is 0 Å². The van der Waals surface area contributed by atoms with Crippen LogP contribution in [0.15, 0.2) is 39.5 Å². The van der Waals surface area contributed by atoms with Crippen LogP contribution in [0.3, 0.4) is 0 Å². The highest BCUT2D eigenvalue weighted by Gasteiger charge is 2.12. The number of carboxylic acids is 1. The smallest absolute Gasteiger partial charge is 0.336 e. The average molecular weight is 233 g/mol. The lowest BCUT2D eigenvalue weighted by molar-refractivity contribution is -0.138. The van der Waals surface area contributed by atoms with Gasteiger partial charge in [-0.1, -0.05) is 12.1 Å². The maximum absolute atomic E-state index is 11.0. The molecule has 3 N–H and O–H groups in total. The Morgan fingerprint density at radius 3 is 2.76 bits per heavy atom. The van der Waals surface area contributed by atoms with Crippen LogP contribution in [0.5, 0.6) is 0 Å². The third-order valence-electron chi connectivity index (χ3n) is 2.46. The number of hydrogen-bond donors (Lipinski definition) is 2. The molecule has 0 aliphatic heterocycles. The maximum Gasteiger partial charge on any atom is 0.336 e. The van der Waals surface area contributed by atoms with Gasteiger partial charge in [0.1, 0.15) is 11.6 Å². The largest absolute Gasteiger partial charge is 0.480 e. The first-order valence-electron chi connectivity index (χ1n) is 5.07. The lowest BCUT2D eigenvalue weighted by Crippen LogP contribution is -2.32. The molecule has 5 nitrogen and oxygen atoms in total. The van der Waals surface area contributed by atoms with Crippen molar-refractivity contribution < 1.29 is 14.3 Å². The van der Waals surface area contributed by atoms with E-state index in [1.807, 2.05) is 0 Å². The van der Waals surface area contributed by atoms with Crippen molar-refractivity contribution in [3.05, 3.63) is 46.3 Å². The van der Waals surface area contributed by atoms with E-state index in [-0.39, 0.29) is 6.42 Å². The molecule has 0 amide bonds. The molecule has 0 aliphatic carbocycles. The molecule has 88 valence electrons. The van der Waals surface area contributed by atoms with Gasteiger partial charge >= 0.3 is 11.6 Å². The van der Waals surface area contributed by atoms with Crippen molar-refractivity contribution >= 4 is 16.9 Å². The minimum Gasteiger partial charge on any atom is -0.480 e. The SMILES string of the molecule is NC(Cc1ccc2ccc(=O)oc2c1)C(=O)O. The van der Waals surface area contributed by atoms with Crippen molar-refractivity contribution in [3.63, 3.8) is 0 Å². The molecule has 0 saturated heterocycles. The van der Waals surface area contributed by atoms with Gasteiger partial charge < -0.3 is 15.3 Å². The van der Waals surface area contributed by atoms with Crippen LogP contribution in [-0.2, 0) is 11.2 Å². The number of hydrogen-bond acceptors (Lipinski definition) is 4. The predicted octanol–water partition coefficient (Wildman–Crippen LogP) is 0.747. The molecule has 2 rings (SSSR count). The fraction of sp³-hybridized carbons (Fsp3) is 0.167. The van der Waals surface area contributed by atoms with Gasteiger partial charge in [-0.05, 0) is 24.1 Å². The molecule has 1 unspecified atom stereocenters. The van der Waals surface area contributed by atoms with Crippen LogP contribution in [0.1, 0.15) is 5.56 Å². The van der Waals surface area contributed by atoms with E-state index in [0.29, 0.717) is 5.58 Å². The molecule has 1 aromatic carbocycles. The van der Waals surface area contributed by atoms with Gasteiger partial charge in [-0.3, -0.25) is 4.79 Å². The van der Waals surface area contributed by atoms with E-state index in [1.54, 1.807) is 24.3 Å². The quantitative estimate of drug-likeness (QED) is 0.763. The number of carbonyl (C=O) groups is 1. The third kappa shape index (κ3) is 2.51. The lowest BCUT2D eigenvalue weighted by Gasteiger charge is -2.06. The van der Waals surface area contributed by atoms with Gasteiger partial charge in [0, 0.05) is 11.5 Å². The van der Waals surface area contributed by atoms with Crippen LogP contribution in [0.4, 0.5) is 0 Å². The summed E-state index contributed by atoms with van der Waals surface area (Å²) in [7, 11) is 0. The van der Waals surface area contributed by atoms with E-state index >= 15 is 0 Å². The molecule has 1 aromatic heterocycles. The van der Waals surface area contributed by atoms with Gasteiger partial charge in [-0.15, -0.1) is 0 Å². The Bertz CT molecular complexity index is 617. The highest BCUT2D eigenvalue weighted by molar-refractivity contribution is 5.78. The molecule has 0 aliphatic rings. The molecule has 0 saturated carbocycles. The summed E-state index contributed by atoms with van der Waals surface area (Å²) in [4.78, 5) is 21.7. The number of aliphatic carboxylic acids is 1. The Morgan fingerprint density at radius 2 is 2.06 bits per heavy atom. The van der Waals surface area contributed by atoms with Crippen molar-refractivity contribution in [1.82, 2.24) is 0 Å². The normalized spacial score (nSPS) is 12.5. The molecular formula is C12H11NO4. The zero-order valence-corrected chi connectivity index (χ0v) is 8.92. The zero-order valence-electron chi connectivity index (χ0n) is 8.92. The fourth-order valence-electron chi connectivity index (χ4n) is 1.57. The molecule has 17 heavy (non-hydrogen) atoms. The van der Waals surface area contributed by atoms with Crippen molar-refractivity contribution in [2.24, 2.45) is 5.73 Å². The molecule has 0 bridgehead atoms. The highest BCUT2D eigenvalue weighted by atomic mass is 16.4. The van der Waals surface area contributed by atoms with E-state index in [9.17, 15) is 9.59 Å². The standard InChI is InChI=1S/C12H11NO4/c13-9(12(15)16)5-7-1-2-8-3-4-11(14)17-10(8)6-7/h1-4,6,9H,5,13H2,(H,15,16). The summed E-state index contributed by atoms with van der Waals surface area (Å²) in [6.07, 6.45) is 0.198. The molecule has 5 heteroatoms.